The summed E-state index contributed by atoms with van der Waals surface area (Å²) >= 11 is 0. The first-order valence-electron chi connectivity index (χ1n) is 9.57. The molecule has 0 bridgehead atoms. The maximum Gasteiger partial charge on any atom is 0.309 e. The maximum absolute atomic E-state index is 12.0. The first-order chi connectivity index (χ1) is 14.0. The molecule has 0 unspecified atom stereocenters. The predicted octanol–water partition coefficient (Wildman–Crippen LogP) is 3.07. The number of ether oxygens (including phenoxy) is 2. The lowest BCUT2D eigenvalue weighted by atomic mass is 10.2. The summed E-state index contributed by atoms with van der Waals surface area (Å²) in [5, 5.41) is 2.66. The molecule has 29 heavy (non-hydrogen) atoms. The molecule has 152 valence electrons. The Hall–Kier alpha value is -3.35. The van der Waals surface area contributed by atoms with Gasteiger partial charge in [0.15, 0.2) is 6.61 Å². The number of para-hydroxylation sites is 1. The summed E-state index contributed by atoms with van der Waals surface area (Å²) in [7, 11) is 0. The number of benzene rings is 2. The van der Waals surface area contributed by atoms with Gasteiger partial charge in [-0.25, -0.2) is 0 Å². The minimum Gasteiger partial charge on any atom is -0.493 e. The number of hydrogen-bond acceptors (Lipinski definition) is 5. The second-order valence-corrected chi connectivity index (χ2v) is 6.77. The lowest BCUT2D eigenvalue weighted by Gasteiger charge is -2.16. The first-order valence-corrected chi connectivity index (χ1v) is 9.57. The zero-order chi connectivity index (χ0) is 20.6. The molecule has 3 rings (SSSR count). The van der Waals surface area contributed by atoms with E-state index in [1.807, 2.05) is 31.2 Å². The van der Waals surface area contributed by atoms with Crippen molar-refractivity contribution in [2.75, 3.05) is 30.0 Å². The van der Waals surface area contributed by atoms with Gasteiger partial charge in [-0.2, -0.15) is 0 Å². The van der Waals surface area contributed by atoms with Crippen molar-refractivity contribution in [3.63, 3.8) is 0 Å². The fourth-order valence-electron chi connectivity index (χ4n) is 3.02. The van der Waals surface area contributed by atoms with E-state index in [0.29, 0.717) is 18.7 Å². The van der Waals surface area contributed by atoms with Gasteiger partial charge in [0.25, 0.3) is 5.91 Å². The molecular formula is C22H24N2O5. The van der Waals surface area contributed by atoms with E-state index in [-0.39, 0.29) is 25.5 Å². The Bertz CT molecular complexity index is 879. The number of esters is 1. The average Bonchev–Trinajstić information content (AvgIpc) is 3.14. The number of aryl methyl sites for hydroxylation is 1. The molecule has 0 atom stereocenters. The normalized spacial score (nSPS) is 13.3. The Balaban J connectivity index is 1.37. The molecule has 1 aliphatic heterocycles. The van der Waals surface area contributed by atoms with Crippen molar-refractivity contribution in [1.82, 2.24) is 0 Å². The second-order valence-electron chi connectivity index (χ2n) is 6.77. The molecule has 2 aromatic carbocycles. The molecule has 0 saturated carbocycles. The largest absolute Gasteiger partial charge is 0.493 e. The average molecular weight is 396 g/mol. The molecule has 0 aliphatic carbocycles. The quantitative estimate of drug-likeness (QED) is 0.693. The van der Waals surface area contributed by atoms with Crippen molar-refractivity contribution in [1.29, 1.82) is 0 Å². The smallest absolute Gasteiger partial charge is 0.309 e. The number of anilines is 2. The molecule has 1 N–H and O–H groups in total. The summed E-state index contributed by atoms with van der Waals surface area (Å²) in [5.74, 6) is -0.1000. The van der Waals surface area contributed by atoms with Crippen LogP contribution in [-0.4, -0.2) is 37.5 Å². The summed E-state index contributed by atoms with van der Waals surface area (Å²) in [6.45, 7) is 2.46. The Morgan fingerprint density at radius 3 is 2.55 bits per heavy atom. The summed E-state index contributed by atoms with van der Waals surface area (Å²) < 4.78 is 10.5. The van der Waals surface area contributed by atoms with Crippen LogP contribution in [0.15, 0.2) is 48.5 Å². The van der Waals surface area contributed by atoms with Gasteiger partial charge in [0, 0.05) is 24.3 Å². The van der Waals surface area contributed by atoms with E-state index in [1.54, 1.807) is 29.2 Å². The number of hydrogen-bond donors (Lipinski definition) is 1. The molecule has 7 nitrogen and oxygen atoms in total. The zero-order valence-corrected chi connectivity index (χ0v) is 16.3. The standard InChI is InChI=1S/C22H24N2O5/c1-16-5-2-3-6-19(16)28-14-12-22(27)29-15-20(25)23-17-8-10-18(11-9-17)24-13-4-7-21(24)26/h2-3,5-6,8-11H,4,7,12-15H2,1H3,(H,23,25). The van der Waals surface area contributed by atoms with Crippen molar-refractivity contribution in [3.8, 4) is 5.75 Å². The van der Waals surface area contributed by atoms with Gasteiger partial charge in [-0.05, 0) is 49.2 Å². The number of rotatable bonds is 8. The highest BCUT2D eigenvalue weighted by Crippen LogP contribution is 2.23. The van der Waals surface area contributed by atoms with Crippen LogP contribution in [0.1, 0.15) is 24.8 Å². The van der Waals surface area contributed by atoms with Crippen molar-refractivity contribution in [3.05, 3.63) is 54.1 Å². The topological polar surface area (TPSA) is 84.9 Å². The summed E-state index contributed by atoms with van der Waals surface area (Å²) in [5.41, 5.74) is 2.37. The second kappa shape index (κ2) is 9.73. The monoisotopic (exact) mass is 396 g/mol. The lowest BCUT2D eigenvalue weighted by Crippen LogP contribution is -2.24. The zero-order valence-electron chi connectivity index (χ0n) is 16.3. The molecule has 1 saturated heterocycles. The highest BCUT2D eigenvalue weighted by atomic mass is 16.5. The SMILES string of the molecule is Cc1ccccc1OCCC(=O)OCC(=O)Nc1ccc(N2CCCC2=O)cc1. The van der Waals surface area contributed by atoms with Gasteiger partial charge in [-0.1, -0.05) is 18.2 Å². The van der Waals surface area contributed by atoms with Gasteiger partial charge >= 0.3 is 5.97 Å². The van der Waals surface area contributed by atoms with Gasteiger partial charge in [-0.15, -0.1) is 0 Å². The van der Waals surface area contributed by atoms with Crippen LogP contribution in [0, 0.1) is 6.92 Å². The van der Waals surface area contributed by atoms with E-state index in [9.17, 15) is 14.4 Å². The summed E-state index contributed by atoms with van der Waals surface area (Å²) in [4.78, 5) is 37.2. The summed E-state index contributed by atoms with van der Waals surface area (Å²) in [6.07, 6.45) is 1.48. The van der Waals surface area contributed by atoms with Crippen LogP contribution >= 0.6 is 0 Å². The third kappa shape index (κ3) is 5.81. The molecular weight excluding hydrogens is 372 g/mol. The minimum absolute atomic E-state index is 0.0557. The predicted molar refractivity (Wildman–Crippen MR) is 109 cm³/mol. The van der Waals surface area contributed by atoms with Crippen LogP contribution in [0.3, 0.4) is 0 Å². The Morgan fingerprint density at radius 1 is 1.10 bits per heavy atom. The van der Waals surface area contributed by atoms with E-state index in [1.165, 1.54) is 0 Å². The van der Waals surface area contributed by atoms with Crippen LogP contribution in [0.5, 0.6) is 5.75 Å². The van der Waals surface area contributed by atoms with Crippen molar-refractivity contribution in [2.45, 2.75) is 26.2 Å². The van der Waals surface area contributed by atoms with E-state index in [2.05, 4.69) is 5.32 Å². The number of carbonyl (C=O) groups is 3. The van der Waals surface area contributed by atoms with Crippen molar-refractivity contribution >= 4 is 29.2 Å². The minimum atomic E-state index is -0.503. The maximum atomic E-state index is 12.0. The Labute approximate surface area is 169 Å². The highest BCUT2D eigenvalue weighted by Gasteiger charge is 2.21. The molecule has 2 amide bonds. The molecule has 1 aliphatic rings. The highest BCUT2D eigenvalue weighted by molar-refractivity contribution is 5.96. The van der Waals surface area contributed by atoms with E-state index in [0.717, 1.165) is 23.4 Å². The fraction of sp³-hybridized carbons (Fsp3) is 0.318. The molecule has 2 aromatic rings. The van der Waals surface area contributed by atoms with Crippen molar-refractivity contribution < 1.29 is 23.9 Å². The number of carbonyl (C=O) groups excluding carboxylic acids is 3. The van der Waals surface area contributed by atoms with Crippen LogP contribution in [-0.2, 0) is 19.1 Å². The van der Waals surface area contributed by atoms with Gasteiger partial charge in [0.2, 0.25) is 5.91 Å². The molecule has 0 radical (unpaired) electrons. The first kappa shape index (κ1) is 20.4. The van der Waals surface area contributed by atoms with Gasteiger partial charge in [0.1, 0.15) is 5.75 Å². The number of nitrogens with one attached hydrogen (secondary N) is 1. The van der Waals surface area contributed by atoms with Crippen LogP contribution in [0.4, 0.5) is 11.4 Å². The lowest BCUT2D eigenvalue weighted by molar-refractivity contribution is -0.147. The molecule has 0 spiro atoms. The summed E-state index contributed by atoms with van der Waals surface area (Å²) in [6, 6.07) is 14.5. The van der Waals surface area contributed by atoms with E-state index >= 15 is 0 Å². The fourth-order valence-corrected chi connectivity index (χ4v) is 3.02. The molecule has 7 heteroatoms. The molecule has 1 heterocycles. The van der Waals surface area contributed by atoms with E-state index < -0.39 is 11.9 Å². The van der Waals surface area contributed by atoms with E-state index in [4.69, 9.17) is 9.47 Å². The van der Waals surface area contributed by atoms with Gasteiger partial charge in [-0.3, -0.25) is 14.4 Å². The third-order valence-corrected chi connectivity index (χ3v) is 4.56. The number of amides is 2. The van der Waals surface area contributed by atoms with Crippen LogP contribution in [0.25, 0.3) is 0 Å². The number of nitrogens with zero attached hydrogens (tertiary/aromatic N) is 1. The van der Waals surface area contributed by atoms with Gasteiger partial charge < -0.3 is 19.7 Å². The molecule has 1 fully saturated rings. The molecule has 0 aromatic heterocycles. The van der Waals surface area contributed by atoms with Gasteiger partial charge in [0.05, 0.1) is 13.0 Å². The van der Waals surface area contributed by atoms with Crippen molar-refractivity contribution in [2.24, 2.45) is 0 Å². The van der Waals surface area contributed by atoms with Crippen LogP contribution in [0.2, 0.25) is 0 Å². The Kier molecular flexibility index (Phi) is 6.84. The Morgan fingerprint density at radius 2 is 1.86 bits per heavy atom. The third-order valence-electron chi connectivity index (χ3n) is 4.56. The van der Waals surface area contributed by atoms with Crippen LogP contribution < -0.4 is 15.0 Å².